The average molecular weight is 286 g/mol. The number of rotatable bonds is 5. The number of aromatic nitrogens is 3. The van der Waals surface area contributed by atoms with Crippen molar-refractivity contribution in [1.29, 1.82) is 0 Å². The summed E-state index contributed by atoms with van der Waals surface area (Å²) in [6.45, 7) is 10.6. The number of carboxylic acid groups (broad SMARTS) is 1. The summed E-state index contributed by atoms with van der Waals surface area (Å²) in [5.74, 6) is -0.613. The van der Waals surface area contributed by atoms with Crippen LogP contribution in [0.5, 0.6) is 0 Å². The van der Waals surface area contributed by atoms with E-state index in [1.807, 2.05) is 4.57 Å². The van der Waals surface area contributed by atoms with Crippen molar-refractivity contribution in [3.8, 4) is 0 Å². The maximum Gasteiger partial charge on any atom is 0.313 e. The molecule has 0 spiro atoms. The first kappa shape index (κ1) is 15.8. The molecule has 6 nitrogen and oxygen atoms in total. The van der Waals surface area contributed by atoms with Gasteiger partial charge in [-0.15, -0.1) is 10.2 Å². The van der Waals surface area contributed by atoms with Crippen LogP contribution in [-0.2, 0) is 10.3 Å². The minimum absolute atomic E-state index is 0.0519. The number of carboxylic acids is 1. The lowest BCUT2D eigenvalue weighted by molar-refractivity contribution is -0.133. The standard InChI is InChI=1S/C12H22N4O2S/c1-11(2,3)7-12(4,5)16-9(13)14-15-10(16)19-6-8(17)18/h6-7H2,1-5H3,(H2,13,14)(H,17,18). The summed E-state index contributed by atoms with van der Waals surface area (Å²) in [7, 11) is 0. The van der Waals surface area contributed by atoms with E-state index in [0.29, 0.717) is 11.1 Å². The molecular formula is C12H22N4O2S. The van der Waals surface area contributed by atoms with Gasteiger partial charge in [0.15, 0.2) is 5.16 Å². The van der Waals surface area contributed by atoms with Crippen LogP contribution in [-0.4, -0.2) is 31.6 Å². The Morgan fingerprint density at radius 3 is 2.37 bits per heavy atom. The van der Waals surface area contributed by atoms with E-state index in [-0.39, 0.29) is 16.7 Å². The fourth-order valence-corrected chi connectivity index (χ4v) is 3.27. The highest BCUT2D eigenvalue weighted by atomic mass is 32.2. The monoisotopic (exact) mass is 286 g/mol. The molecule has 0 aliphatic carbocycles. The molecule has 1 aromatic heterocycles. The first-order chi connectivity index (χ1) is 8.53. The van der Waals surface area contributed by atoms with Crippen molar-refractivity contribution in [2.24, 2.45) is 5.41 Å². The Balaban J connectivity index is 3.04. The van der Waals surface area contributed by atoms with Crippen LogP contribution in [0.15, 0.2) is 5.16 Å². The van der Waals surface area contributed by atoms with Gasteiger partial charge in [-0.2, -0.15) is 0 Å². The van der Waals surface area contributed by atoms with Crippen LogP contribution in [0.3, 0.4) is 0 Å². The fraction of sp³-hybridized carbons (Fsp3) is 0.750. The summed E-state index contributed by atoms with van der Waals surface area (Å²) in [6, 6.07) is 0. The third-order valence-corrected chi connectivity index (χ3v) is 3.47. The molecule has 108 valence electrons. The average Bonchev–Trinajstić information content (AvgIpc) is 2.53. The van der Waals surface area contributed by atoms with Crippen molar-refractivity contribution in [2.45, 2.75) is 51.7 Å². The van der Waals surface area contributed by atoms with E-state index in [0.717, 1.165) is 18.2 Å². The van der Waals surface area contributed by atoms with Crippen LogP contribution in [0, 0.1) is 5.41 Å². The molecule has 0 aliphatic heterocycles. The molecule has 0 saturated carbocycles. The predicted octanol–water partition coefficient (Wildman–Crippen LogP) is 2.21. The maximum absolute atomic E-state index is 10.7. The number of nitrogen functional groups attached to an aromatic ring is 1. The zero-order valence-electron chi connectivity index (χ0n) is 12.1. The van der Waals surface area contributed by atoms with E-state index in [1.165, 1.54) is 0 Å². The van der Waals surface area contributed by atoms with E-state index in [9.17, 15) is 4.79 Å². The Morgan fingerprint density at radius 2 is 1.89 bits per heavy atom. The summed E-state index contributed by atoms with van der Waals surface area (Å²) in [4.78, 5) is 10.7. The quantitative estimate of drug-likeness (QED) is 0.806. The second-order valence-corrected chi connectivity index (χ2v) is 7.35. The van der Waals surface area contributed by atoms with Crippen LogP contribution in [0.4, 0.5) is 5.95 Å². The number of carbonyl (C=O) groups is 1. The molecular weight excluding hydrogens is 264 g/mol. The minimum Gasteiger partial charge on any atom is -0.481 e. The van der Waals surface area contributed by atoms with Gasteiger partial charge in [0.05, 0.1) is 5.75 Å². The number of nitrogens with zero attached hydrogens (tertiary/aromatic N) is 3. The van der Waals surface area contributed by atoms with E-state index < -0.39 is 5.97 Å². The van der Waals surface area contributed by atoms with Crippen molar-refractivity contribution in [3.05, 3.63) is 0 Å². The molecule has 7 heteroatoms. The number of nitrogens with two attached hydrogens (primary N) is 1. The lowest BCUT2D eigenvalue weighted by Gasteiger charge is -2.34. The molecule has 19 heavy (non-hydrogen) atoms. The molecule has 0 fully saturated rings. The third kappa shape index (κ3) is 4.41. The second kappa shape index (κ2) is 5.40. The molecule has 0 radical (unpaired) electrons. The van der Waals surface area contributed by atoms with Gasteiger partial charge in [-0.1, -0.05) is 32.5 Å². The van der Waals surface area contributed by atoms with Gasteiger partial charge < -0.3 is 10.8 Å². The van der Waals surface area contributed by atoms with Crippen LogP contribution in [0.2, 0.25) is 0 Å². The number of hydrogen-bond donors (Lipinski definition) is 2. The Kier molecular flexibility index (Phi) is 4.50. The molecule has 0 unspecified atom stereocenters. The Hall–Kier alpha value is -1.24. The number of hydrogen-bond acceptors (Lipinski definition) is 5. The van der Waals surface area contributed by atoms with Crippen molar-refractivity contribution in [1.82, 2.24) is 14.8 Å². The van der Waals surface area contributed by atoms with Crippen molar-refractivity contribution >= 4 is 23.7 Å². The predicted molar refractivity (Wildman–Crippen MR) is 76.2 cm³/mol. The van der Waals surface area contributed by atoms with Crippen molar-refractivity contribution < 1.29 is 9.90 Å². The number of aliphatic carboxylic acids is 1. The lowest BCUT2D eigenvalue weighted by atomic mass is 9.81. The summed E-state index contributed by atoms with van der Waals surface area (Å²) >= 11 is 1.14. The highest BCUT2D eigenvalue weighted by Crippen LogP contribution is 2.36. The summed E-state index contributed by atoms with van der Waals surface area (Å²) in [5.41, 5.74) is 5.73. The second-order valence-electron chi connectivity index (χ2n) is 6.41. The first-order valence-corrected chi connectivity index (χ1v) is 7.07. The Labute approximate surface area is 117 Å². The molecule has 0 aliphatic rings. The largest absolute Gasteiger partial charge is 0.481 e. The molecule has 1 aromatic rings. The molecule has 0 aromatic carbocycles. The summed E-state index contributed by atoms with van der Waals surface area (Å²) in [5, 5.41) is 17.1. The summed E-state index contributed by atoms with van der Waals surface area (Å²) < 4.78 is 1.83. The molecule has 0 amide bonds. The maximum atomic E-state index is 10.7. The van der Waals surface area contributed by atoms with Gasteiger partial charge in [0.25, 0.3) is 0 Å². The Morgan fingerprint density at radius 1 is 1.32 bits per heavy atom. The SMILES string of the molecule is CC(C)(C)CC(C)(C)n1c(N)nnc1SCC(=O)O. The zero-order chi connectivity index (χ0) is 14.8. The van der Waals surface area contributed by atoms with Crippen molar-refractivity contribution in [3.63, 3.8) is 0 Å². The first-order valence-electron chi connectivity index (χ1n) is 6.09. The molecule has 3 N–H and O–H groups in total. The van der Waals surface area contributed by atoms with Crippen LogP contribution in [0.25, 0.3) is 0 Å². The fourth-order valence-electron chi connectivity index (χ4n) is 2.45. The van der Waals surface area contributed by atoms with Gasteiger partial charge in [-0.05, 0) is 25.7 Å². The smallest absolute Gasteiger partial charge is 0.313 e. The third-order valence-electron chi connectivity index (χ3n) is 2.55. The van der Waals surface area contributed by atoms with Crippen LogP contribution in [0.1, 0.15) is 41.0 Å². The van der Waals surface area contributed by atoms with Gasteiger partial charge in [0.1, 0.15) is 0 Å². The molecule has 1 heterocycles. The van der Waals surface area contributed by atoms with E-state index in [4.69, 9.17) is 10.8 Å². The van der Waals surface area contributed by atoms with Crippen LogP contribution >= 0.6 is 11.8 Å². The highest BCUT2D eigenvalue weighted by Gasteiger charge is 2.31. The number of thioether (sulfide) groups is 1. The lowest BCUT2D eigenvalue weighted by Crippen LogP contribution is -2.33. The van der Waals surface area contributed by atoms with Gasteiger partial charge >= 0.3 is 5.97 Å². The normalized spacial score (nSPS) is 12.7. The van der Waals surface area contributed by atoms with Gasteiger partial charge in [-0.25, -0.2) is 0 Å². The molecule has 0 bridgehead atoms. The molecule has 0 saturated heterocycles. The van der Waals surface area contributed by atoms with Crippen molar-refractivity contribution in [2.75, 3.05) is 11.5 Å². The van der Waals surface area contributed by atoms with Gasteiger partial charge in [0.2, 0.25) is 5.95 Å². The van der Waals surface area contributed by atoms with E-state index in [1.54, 1.807) is 0 Å². The minimum atomic E-state index is -0.883. The summed E-state index contributed by atoms with van der Waals surface area (Å²) in [6.07, 6.45) is 0.878. The van der Waals surface area contributed by atoms with Crippen LogP contribution < -0.4 is 5.73 Å². The molecule has 1 rings (SSSR count). The van der Waals surface area contributed by atoms with E-state index >= 15 is 0 Å². The highest BCUT2D eigenvalue weighted by molar-refractivity contribution is 7.99. The Bertz CT molecular complexity index is 463. The molecule has 0 atom stereocenters. The van der Waals surface area contributed by atoms with Gasteiger partial charge in [-0.3, -0.25) is 9.36 Å². The topological polar surface area (TPSA) is 94.0 Å². The number of anilines is 1. The van der Waals surface area contributed by atoms with Gasteiger partial charge in [0, 0.05) is 5.54 Å². The zero-order valence-corrected chi connectivity index (χ0v) is 12.9. The van der Waals surface area contributed by atoms with E-state index in [2.05, 4.69) is 44.8 Å².